The van der Waals surface area contributed by atoms with Gasteiger partial charge in [0.2, 0.25) is 0 Å². The summed E-state index contributed by atoms with van der Waals surface area (Å²) in [5, 5.41) is 0. The number of aromatic amines is 1. The first-order valence-corrected chi connectivity index (χ1v) is 6.82. The average molecular weight is 257 g/mol. The van der Waals surface area contributed by atoms with Crippen molar-refractivity contribution in [2.45, 2.75) is 44.6 Å². The molecule has 1 aliphatic carbocycles. The number of imidazole rings is 1. The van der Waals surface area contributed by atoms with Crippen LogP contribution in [-0.4, -0.2) is 26.0 Å². The number of aromatic nitrogens is 4. The molecule has 100 valence electrons. The molecule has 1 saturated carbocycles. The lowest BCUT2D eigenvalue weighted by Gasteiger charge is -2.24. The second-order valence-electron chi connectivity index (χ2n) is 5.30. The van der Waals surface area contributed by atoms with Crippen LogP contribution in [0, 0.1) is 6.92 Å². The molecule has 0 aromatic carbocycles. The molecule has 3 N–H and O–H groups in total. The summed E-state index contributed by atoms with van der Waals surface area (Å²) in [5.74, 6) is 1.49. The molecule has 2 aromatic heterocycles. The Hall–Kier alpha value is -1.75. The van der Waals surface area contributed by atoms with Gasteiger partial charge in [-0.3, -0.25) is 9.97 Å². The van der Waals surface area contributed by atoms with Crippen LogP contribution in [0.3, 0.4) is 0 Å². The van der Waals surface area contributed by atoms with Gasteiger partial charge >= 0.3 is 0 Å². The van der Waals surface area contributed by atoms with Crippen LogP contribution in [0.2, 0.25) is 0 Å². The predicted octanol–water partition coefficient (Wildman–Crippen LogP) is 2.16. The van der Waals surface area contributed by atoms with E-state index >= 15 is 0 Å². The Morgan fingerprint density at radius 1 is 1.21 bits per heavy atom. The fourth-order valence-corrected chi connectivity index (χ4v) is 2.81. The van der Waals surface area contributed by atoms with Crippen LogP contribution in [0.4, 0.5) is 0 Å². The Morgan fingerprint density at radius 2 is 2.05 bits per heavy atom. The molecule has 5 heteroatoms. The monoisotopic (exact) mass is 257 g/mol. The molecule has 1 aliphatic rings. The van der Waals surface area contributed by atoms with Gasteiger partial charge in [-0.05, 0) is 26.2 Å². The predicted molar refractivity (Wildman–Crippen MR) is 73.5 cm³/mol. The number of nitrogens with zero attached hydrogens (tertiary/aromatic N) is 3. The SMILES string of the molecule is Cc1nccnc1-c1cnc(C2CCCC(N)C2)[nH]1. The van der Waals surface area contributed by atoms with Gasteiger partial charge in [0.05, 0.1) is 17.6 Å². The minimum atomic E-state index is 0.311. The number of nitrogens with two attached hydrogens (primary N) is 1. The van der Waals surface area contributed by atoms with E-state index in [2.05, 4.69) is 19.9 Å². The molecule has 0 amide bonds. The van der Waals surface area contributed by atoms with Crippen LogP contribution < -0.4 is 5.73 Å². The van der Waals surface area contributed by atoms with E-state index in [-0.39, 0.29) is 0 Å². The Bertz CT molecular complexity index is 562. The van der Waals surface area contributed by atoms with Gasteiger partial charge in [-0.1, -0.05) is 6.42 Å². The highest BCUT2D eigenvalue weighted by atomic mass is 14.9. The molecule has 0 bridgehead atoms. The molecular weight excluding hydrogens is 238 g/mol. The number of nitrogens with one attached hydrogen (secondary N) is 1. The van der Waals surface area contributed by atoms with Gasteiger partial charge in [0.25, 0.3) is 0 Å². The molecule has 2 aromatic rings. The van der Waals surface area contributed by atoms with Crippen molar-refractivity contribution in [3.05, 3.63) is 30.1 Å². The Morgan fingerprint density at radius 3 is 2.84 bits per heavy atom. The van der Waals surface area contributed by atoms with Gasteiger partial charge in [0.15, 0.2) is 0 Å². The summed E-state index contributed by atoms with van der Waals surface area (Å²) in [5.41, 5.74) is 8.78. The normalized spacial score (nSPS) is 23.5. The van der Waals surface area contributed by atoms with Crippen LogP contribution in [0.1, 0.15) is 43.1 Å². The van der Waals surface area contributed by atoms with E-state index in [9.17, 15) is 0 Å². The quantitative estimate of drug-likeness (QED) is 0.864. The molecule has 2 atom stereocenters. The van der Waals surface area contributed by atoms with E-state index in [4.69, 9.17) is 5.73 Å². The Balaban J connectivity index is 1.85. The minimum Gasteiger partial charge on any atom is -0.340 e. The second kappa shape index (κ2) is 5.09. The van der Waals surface area contributed by atoms with E-state index in [0.717, 1.165) is 35.7 Å². The van der Waals surface area contributed by atoms with Gasteiger partial charge in [0, 0.05) is 24.4 Å². The molecule has 1 fully saturated rings. The summed E-state index contributed by atoms with van der Waals surface area (Å²) in [4.78, 5) is 16.5. The largest absolute Gasteiger partial charge is 0.340 e. The molecule has 3 rings (SSSR count). The van der Waals surface area contributed by atoms with Crippen LogP contribution in [-0.2, 0) is 0 Å². The van der Waals surface area contributed by atoms with Crippen molar-refractivity contribution in [3.8, 4) is 11.4 Å². The summed E-state index contributed by atoms with van der Waals surface area (Å²) in [6.07, 6.45) is 9.77. The third-order valence-corrected chi connectivity index (χ3v) is 3.83. The molecule has 0 spiro atoms. The van der Waals surface area contributed by atoms with Gasteiger partial charge in [0.1, 0.15) is 11.5 Å². The number of rotatable bonds is 2. The average Bonchev–Trinajstić information content (AvgIpc) is 2.89. The molecule has 0 saturated heterocycles. The first-order valence-electron chi connectivity index (χ1n) is 6.82. The molecule has 0 radical (unpaired) electrons. The minimum absolute atomic E-state index is 0.311. The third-order valence-electron chi connectivity index (χ3n) is 3.83. The highest BCUT2D eigenvalue weighted by Crippen LogP contribution is 2.31. The van der Waals surface area contributed by atoms with Crippen molar-refractivity contribution in [3.63, 3.8) is 0 Å². The van der Waals surface area contributed by atoms with Crippen molar-refractivity contribution >= 4 is 0 Å². The number of hydrogen-bond acceptors (Lipinski definition) is 4. The summed E-state index contributed by atoms with van der Waals surface area (Å²) in [6.45, 7) is 1.96. The van der Waals surface area contributed by atoms with Crippen LogP contribution in [0.15, 0.2) is 18.6 Å². The fourth-order valence-electron chi connectivity index (χ4n) is 2.81. The molecular formula is C14H19N5. The van der Waals surface area contributed by atoms with Crippen LogP contribution in [0.25, 0.3) is 11.4 Å². The van der Waals surface area contributed by atoms with Crippen molar-refractivity contribution < 1.29 is 0 Å². The highest BCUT2D eigenvalue weighted by Gasteiger charge is 2.23. The fraction of sp³-hybridized carbons (Fsp3) is 0.500. The first-order chi connectivity index (χ1) is 9.24. The highest BCUT2D eigenvalue weighted by molar-refractivity contribution is 5.55. The number of H-pyrrole nitrogens is 1. The lowest BCUT2D eigenvalue weighted by Crippen LogP contribution is -2.27. The zero-order valence-electron chi connectivity index (χ0n) is 11.1. The molecule has 0 aliphatic heterocycles. The zero-order chi connectivity index (χ0) is 13.2. The molecule has 2 heterocycles. The van der Waals surface area contributed by atoms with Crippen molar-refractivity contribution in [2.75, 3.05) is 0 Å². The lowest BCUT2D eigenvalue weighted by molar-refractivity contribution is 0.383. The maximum absolute atomic E-state index is 6.04. The standard InChI is InChI=1S/C14H19N5/c1-9-13(17-6-5-16-9)12-8-18-14(19-12)10-3-2-4-11(15)7-10/h5-6,8,10-11H,2-4,7,15H2,1H3,(H,18,19). The Kier molecular flexibility index (Phi) is 3.29. The van der Waals surface area contributed by atoms with Crippen molar-refractivity contribution in [1.29, 1.82) is 0 Å². The second-order valence-corrected chi connectivity index (χ2v) is 5.30. The van der Waals surface area contributed by atoms with E-state index in [0.29, 0.717) is 12.0 Å². The topological polar surface area (TPSA) is 80.5 Å². The number of hydrogen-bond donors (Lipinski definition) is 2. The molecule has 19 heavy (non-hydrogen) atoms. The summed E-state index contributed by atoms with van der Waals surface area (Å²) < 4.78 is 0. The molecule has 2 unspecified atom stereocenters. The Labute approximate surface area is 112 Å². The van der Waals surface area contributed by atoms with Crippen molar-refractivity contribution in [1.82, 2.24) is 19.9 Å². The van der Waals surface area contributed by atoms with E-state index in [1.807, 2.05) is 13.1 Å². The summed E-state index contributed by atoms with van der Waals surface area (Å²) in [6, 6.07) is 0.311. The maximum Gasteiger partial charge on any atom is 0.109 e. The summed E-state index contributed by atoms with van der Waals surface area (Å²) in [7, 11) is 0. The van der Waals surface area contributed by atoms with Gasteiger partial charge in [-0.2, -0.15) is 0 Å². The summed E-state index contributed by atoms with van der Waals surface area (Å²) >= 11 is 0. The van der Waals surface area contributed by atoms with Gasteiger partial charge < -0.3 is 10.7 Å². The molecule has 5 nitrogen and oxygen atoms in total. The van der Waals surface area contributed by atoms with E-state index in [1.165, 1.54) is 12.8 Å². The van der Waals surface area contributed by atoms with Crippen LogP contribution in [0.5, 0.6) is 0 Å². The lowest BCUT2D eigenvalue weighted by atomic mass is 9.86. The van der Waals surface area contributed by atoms with Crippen molar-refractivity contribution in [2.24, 2.45) is 5.73 Å². The smallest absolute Gasteiger partial charge is 0.109 e. The van der Waals surface area contributed by atoms with Gasteiger partial charge in [-0.25, -0.2) is 4.98 Å². The van der Waals surface area contributed by atoms with Gasteiger partial charge in [-0.15, -0.1) is 0 Å². The zero-order valence-corrected chi connectivity index (χ0v) is 11.1. The van der Waals surface area contributed by atoms with E-state index < -0.39 is 0 Å². The number of aryl methyl sites for hydroxylation is 1. The van der Waals surface area contributed by atoms with Crippen LogP contribution >= 0.6 is 0 Å². The van der Waals surface area contributed by atoms with E-state index in [1.54, 1.807) is 12.4 Å². The maximum atomic E-state index is 6.04. The first kappa shape index (κ1) is 12.3. The third kappa shape index (κ3) is 2.51.